The monoisotopic (exact) mass is 366 g/mol. The lowest BCUT2D eigenvalue weighted by Gasteiger charge is -2.32. The van der Waals surface area contributed by atoms with Gasteiger partial charge in [0.1, 0.15) is 0 Å². The molecule has 0 radical (unpaired) electrons. The Morgan fingerprint density at radius 1 is 1.27 bits per heavy atom. The molecule has 0 fully saturated rings. The summed E-state index contributed by atoms with van der Waals surface area (Å²) in [6.07, 6.45) is 10.4. The van der Waals surface area contributed by atoms with Crippen LogP contribution in [0, 0.1) is 5.41 Å². The fraction of sp³-hybridized carbons (Fsp3) is 0.348. The number of thiophene rings is 1. The maximum absolute atomic E-state index is 11.1. The smallest absolute Gasteiger partial charge is 0.335 e. The van der Waals surface area contributed by atoms with Gasteiger partial charge in [-0.2, -0.15) is 0 Å². The van der Waals surface area contributed by atoms with Crippen molar-refractivity contribution in [1.29, 1.82) is 0 Å². The largest absolute Gasteiger partial charge is 0.478 e. The van der Waals surface area contributed by atoms with Crippen molar-refractivity contribution in [2.24, 2.45) is 5.41 Å². The van der Waals surface area contributed by atoms with Gasteiger partial charge in [0.25, 0.3) is 0 Å². The number of rotatable bonds is 4. The summed E-state index contributed by atoms with van der Waals surface area (Å²) >= 11 is 1.63. The van der Waals surface area contributed by atoms with Crippen LogP contribution in [0.25, 0.3) is 16.2 Å². The molecule has 0 saturated heterocycles. The number of carbonyl (C=O) groups is 1. The second kappa shape index (κ2) is 7.24. The average molecular weight is 367 g/mol. The van der Waals surface area contributed by atoms with Gasteiger partial charge in [-0.25, -0.2) is 4.79 Å². The van der Waals surface area contributed by atoms with Crippen LogP contribution in [0.4, 0.5) is 0 Å². The molecular weight excluding hydrogens is 340 g/mol. The Hall–Kier alpha value is -2.13. The van der Waals surface area contributed by atoms with Crippen LogP contribution in [0.1, 0.15) is 62.2 Å². The minimum atomic E-state index is -0.879. The van der Waals surface area contributed by atoms with Crippen LogP contribution >= 0.6 is 11.3 Å². The Kier molecular flexibility index (Phi) is 5.19. The second-order valence-electron chi connectivity index (χ2n) is 7.86. The molecule has 3 rings (SSSR count). The third kappa shape index (κ3) is 3.99. The van der Waals surface area contributed by atoms with Gasteiger partial charge in [-0.3, -0.25) is 0 Å². The lowest BCUT2D eigenvalue weighted by Crippen LogP contribution is -2.19. The van der Waals surface area contributed by atoms with Crippen molar-refractivity contribution in [1.82, 2.24) is 0 Å². The number of benzene rings is 1. The zero-order chi connectivity index (χ0) is 18.9. The Labute approximate surface area is 159 Å². The molecule has 0 bridgehead atoms. The Morgan fingerprint density at radius 3 is 2.73 bits per heavy atom. The first-order chi connectivity index (χ1) is 12.3. The maximum Gasteiger partial charge on any atom is 0.335 e. The number of allylic oxidation sites excluding steroid dienone is 5. The first-order valence-electron chi connectivity index (χ1n) is 9.10. The van der Waals surface area contributed by atoms with Gasteiger partial charge in [0, 0.05) is 9.58 Å². The first kappa shape index (κ1) is 18.7. The van der Waals surface area contributed by atoms with E-state index < -0.39 is 5.97 Å². The van der Waals surface area contributed by atoms with E-state index in [1.54, 1.807) is 23.5 Å². The highest BCUT2D eigenvalue weighted by molar-refractivity contribution is 7.19. The SMILES string of the molecule is CC1=C(C=C/C(C)=C/c2cc3ccc(C(=O)O)cc3s2)C(C)(C)CCC1. The number of carboxylic acids is 1. The van der Waals surface area contributed by atoms with Crippen molar-refractivity contribution in [3.8, 4) is 0 Å². The Bertz CT molecular complexity index is 938. The molecule has 1 aromatic heterocycles. The number of aromatic carboxylic acids is 1. The summed E-state index contributed by atoms with van der Waals surface area (Å²) in [5, 5.41) is 10.2. The molecule has 26 heavy (non-hydrogen) atoms. The number of hydrogen-bond acceptors (Lipinski definition) is 2. The molecule has 1 heterocycles. The van der Waals surface area contributed by atoms with E-state index in [-0.39, 0.29) is 5.41 Å². The molecule has 1 aliphatic rings. The molecular formula is C23H26O2S. The molecule has 0 atom stereocenters. The number of hydrogen-bond donors (Lipinski definition) is 1. The molecule has 1 aliphatic carbocycles. The van der Waals surface area contributed by atoms with Crippen molar-refractivity contribution >= 4 is 33.5 Å². The topological polar surface area (TPSA) is 37.3 Å². The van der Waals surface area contributed by atoms with Crippen molar-refractivity contribution < 1.29 is 9.90 Å². The zero-order valence-electron chi connectivity index (χ0n) is 15.9. The highest BCUT2D eigenvalue weighted by Gasteiger charge is 2.26. The summed E-state index contributed by atoms with van der Waals surface area (Å²) in [4.78, 5) is 12.3. The lowest BCUT2D eigenvalue weighted by atomic mass is 9.72. The van der Waals surface area contributed by atoms with Crippen LogP contribution in [-0.2, 0) is 0 Å². The second-order valence-corrected chi connectivity index (χ2v) is 8.98. The predicted octanol–water partition coefficient (Wildman–Crippen LogP) is 7.09. The normalized spacial score (nSPS) is 18.1. The molecule has 0 amide bonds. The third-order valence-electron chi connectivity index (χ3n) is 5.21. The van der Waals surface area contributed by atoms with Gasteiger partial charge in [-0.15, -0.1) is 11.3 Å². The van der Waals surface area contributed by atoms with Crippen LogP contribution in [0.2, 0.25) is 0 Å². The Morgan fingerprint density at radius 2 is 2.04 bits per heavy atom. The van der Waals surface area contributed by atoms with Crippen LogP contribution in [0.15, 0.2) is 53.1 Å². The molecule has 0 saturated carbocycles. The summed E-state index contributed by atoms with van der Waals surface area (Å²) in [5.41, 5.74) is 4.78. The predicted molar refractivity (Wildman–Crippen MR) is 112 cm³/mol. The minimum Gasteiger partial charge on any atom is -0.478 e. The molecule has 136 valence electrons. The van der Waals surface area contributed by atoms with E-state index in [1.807, 2.05) is 6.07 Å². The maximum atomic E-state index is 11.1. The summed E-state index contributed by atoms with van der Waals surface area (Å²) in [6.45, 7) is 9.04. The molecule has 0 spiro atoms. The van der Waals surface area contributed by atoms with Gasteiger partial charge in [0.15, 0.2) is 0 Å². The molecule has 2 nitrogen and oxygen atoms in total. The minimum absolute atomic E-state index is 0.254. The van der Waals surface area contributed by atoms with E-state index in [0.29, 0.717) is 5.56 Å². The fourth-order valence-corrected chi connectivity index (χ4v) is 4.87. The van der Waals surface area contributed by atoms with E-state index in [9.17, 15) is 4.79 Å². The summed E-state index contributed by atoms with van der Waals surface area (Å²) < 4.78 is 1.01. The average Bonchev–Trinajstić information content (AvgIpc) is 2.94. The zero-order valence-corrected chi connectivity index (χ0v) is 16.7. The molecule has 0 aliphatic heterocycles. The lowest BCUT2D eigenvalue weighted by molar-refractivity contribution is 0.0697. The number of carboxylic acid groups (broad SMARTS) is 1. The molecule has 1 N–H and O–H groups in total. The van der Waals surface area contributed by atoms with Gasteiger partial charge in [0.05, 0.1) is 5.56 Å². The van der Waals surface area contributed by atoms with Crippen LogP contribution in [0.5, 0.6) is 0 Å². The van der Waals surface area contributed by atoms with Gasteiger partial charge in [0.2, 0.25) is 0 Å². The van der Waals surface area contributed by atoms with Crippen LogP contribution < -0.4 is 0 Å². The van der Waals surface area contributed by atoms with Gasteiger partial charge in [-0.05, 0) is 79.3 Å². The van der Waals surface area contributed by atoms with E-state index in [0.717, 1.165) is 15.0 Å². The van der Waals surface area contributed by atoms with Crippen molar-refractivity contribution in [2.75, 3.05) is 0 Å². The molecule has 0 unspecified atom stereocenters. The molecule has 1 aromatic carbocycles. The third-order valence-corrected chi connectivity index (χ3v) is 6.26. The van der Waals surface area contributed by atoms with E-state index in [1.165, 1.54) is 36.0 Å². The quantitative estimate of drug-likeness (QED) is 0.587. The van der Waals surface area contributed by atoms with Gasteiger partial charge < -0.3 is 5.11 Å². The van der Waals surface area contributed by atoms with E-state index in [2.05, 4.69) is 52.0 Å². The highest BCUT2D eigenvalue weighted by Crippen LogP contribution is 2.40. The van der Waals surface area contributed by atoms with Gasteiger partial charge in [-0.1, -0.05) is 37.6 Å². The first-order valence-corrected chi connectivity index (χ1v) is 9.91. The fourth-order valence-electron chi connectivity index (χ4n) is 3.75. The van der Waals surface area contributed by atoms with Crippen molar-refractivity contribution in [3.05, 3.63) is 63.6 Å². The van der Waals surface area contributed by atoms with Crippen LogP contribution in [0.3, 0.4) is 0 Å². The van der Waals surface area contributed by atoms with Crippen LogP contribution in [-0.4, -0.2) is 11.1 Å². The van der Waals surface area contributed by atoms with E-state index in [4.69, 9.17) is 5.11 Å². The van der Waals surface area contributed by atoms with Crippen molar-refractivity contribution in [3.63, 3.8) is 0 Å². The summed E-state index contributed by atoms with van der Waals surface area (Å²) in [7, 11) is 0. The number of fused-ring (bicyclic) bond motifs is 1. The highest BCUT2D eigenvalue weighted by atomic mass is 32.1. The molecule has 3 heteroatoms. The molecule has 2 aromatic rings. The van der Waals surface area contributed by atoms with Gasteiger partial charge >= 0.3 is 5.97 Å². The summed E-state index contributed by atoms with van der Waals surface area (Å²) in [5.74, 6) is -0.879. The van der Waals surface area contributed by atoms with Crippen molar-refractivity contribution in [2.45, 2.75) is 47.0 Å². The summed E-state index contributed by atoms with van der Waals surface area (Å²) in [6, 6.07) is 7.43. The van der Waals surface area contributed by atoms with E-state index >= 15 is 0 Å². The Balaban J connectivity index is 1.85. The standard InChI is InChI=1S/C23H26O2S/c1-15(7-10-20-16(2)6-5-11-23(20,3)4)12-19-13-17-8-9-18(22(24)25)14-21(17)26-19/h7-10,12-14H,5-6,11H2,1-4H3,(H,24,25)/b10-7?,15-12+.